The molecule has 1 N–H and O–H groups in total. The highest BCUT2D eigenvalue weighted by atomic mass is 32.2. The van der Waals surface area contributed by atoms with Crippen molar-refractivity contribution in [3.63, 3.8) is 0 Å². The van der Waals surface area contributed by atoms with E-state index in [2.05, 4.69) is 0 Å². The highest BCUT2D eigenvalue weighted by Gasteiger charge is 2.16. The SMILES string of the molecule is [O]C(=O)NS(=O)(=O)c1ccccc1. The second kappa shape index (κ2) is 3.44. The first-order valence-corrected chi connectivity index (χ1v) is 4.79. The predicted molar refractivity (Wildman–Crippen MR) is 42.8 cm³/mol. The summed E-state index contributed by atoms with van der Waals surface area (Å²) in [5, 5.41) is 9.99. The van der Waals surface area contributed by atoms with Crippen molar-refractivity contribution in [3.8, 4) is 0 Å². The van der Waals surface area contributed by atoms with Gasteiger partial charge in [0.05, 0.1) is 4.90 Å². The fraction of sp³-hybridized carbons (Fsp3) is 0. The number of benzene rings is 1. The van der Waals surface area contributed by atoms with Gasteiger partial charge in [0.2, 0.25) is 0 Å². The molecule has 0 spiro atoms. The highest BCUT2D eigenvalue weighted by molar-refractivity contribution is 7.90. The van der Waals surface area contributed by atoms with Gasteiger partial charge in [0.1, 0.15) is 0 Å². The third-order valence-corrected chi connectivity index (χ3v) is 2.60. The fourth-order valence-corrected chi connectivity index (χ4v) is 1.62. The molecular formula is C7H6NO4S. The molecule has 5 nitrogen and oxygen atoms in total. The first-order valence-electron chi connectivity index (χ1n) is 3.31. The first-order chi connectivity index (χ1) is 6.02. The van der Waals surface area contributed by atoms with Crippen LogP contribution in [0.25, 0.3) is 0 Å². The number of nitrogens with one attached hydrogen (secondary N) is 1. The average molecular weight is 200 g/mol. The molecule has 1 aromatic carbocycles. The number of carbonyl (C=O) groups is 1. The van der Waals surface area contributed by atoms with Gasteiger partial charge < -0.3 is 0 Å². The van der Waals surface area contributed by atoms with Crippen molar-refractivity contribution in [2.24, 2.45) is 0 Å². The summed E-state index contributed by atoms with van der Waals surface area (Å²) < 4.78 is 23.5. The van der Waals surface area contributed by atoms with Crippen molar-refractivity contribution in [3.05, 3.63) is 30.3 Å². The Kier molecular flexibility index (Phi) is 2.52. The minimum atomic E-state index is -3.97. The molecule has 6 heteroatoms. The maximum atomic E-state index is 11.1. The van der Waals surface area contributed by atoms with E-state index < -0.39 is 16.1 Å². The van der Waals surface area contributed by atoms with Crippen LogP contribution in [-0.2, 0) is 15.1 Å². The lowest BCUT2D eigenvalue weighted by Gasteiger charge is -2.00. The Balaban J connectivity index is 3.02. The number of rotatable bonds is 2. The Labute approximate surface area is 75.1 Å². The fourth-order valence-electron chi connectivity index (χ4n) is 0.768. The van der Waals surface area contributed by atoms with Crippen LogP contribution >= 0.6 is 0 Å². The molecule has 0 aromatic heterocycles. The van der Waals surface area contributed by atoms with E-state index in [1.54, 1.807) is 6.07 Å². The Morgan fingerprint density at radius 2 is 1.69 bits per heavy atom. The minimum absolute atomic E-state index is 0.112. The van der Waals surface area contributed by atoms with Gasteiger partial charge >= 0.3 is 6.09 Å². The predicted octanol–water partition coefficient (Wildman–Crippen LogP) is 0.515. The van der Waals surface area contributed by atoms with Crippen LogP contribution in [0.4, 0.5) is 4.79 Å². The number of carbonyl (C=O) groups excluding carboxylic acids is 1. The third-order valence-electron chi connectivity index (χ3n) is 1.27. The van der Waals surface area contributed by atoms with Gasteiger partial charge in [-0.15, -0.1) is 0 Å². The minimum Gasteiger partial charge on any atom is -0.219 e. The zero-order valence-electron chi connectivity index (χ0n) is 6.43. The summed E-state index contributed by atoms with van der Waals surface area (Å²) in [5.41, 5.74) is 0. The number of hydrogen-bond donors (Lipinski definition) is 1. The maximum absolute atomic E-state index is 11.1. The summed E-state index contributed by atoms with van der Waals surface area (Å²) in [7, 11) is -3.97. The molecule has 0 saturated carbocycles. The van der Waals surface area contributed by atoms with Gasteiger partial charge in [-0.25, -0.2) is 23.0 Å². The molecule has 0 heterocycles. The van der Waals surface area contributed by atoms with Crippen LogP contribution in [0.15, 0.2) is 35.2 Å². The van der Waals surface area contributed by atoms with Crippen molar-refractivity contribution < 1.29 is 18.3 Å². The quantitative estimate of drug-likeness (QED) is 0.755. The van der Waals surface area contributed by atoms with Crippen LogP contribution in [0, 0.1) is 0 Å². The van der Waals surface area contributed by atoms with E-state index in [4.69, 9.17) is 0 Å². The van der Waals surface area contributed by atoms with Crippen LogP contribution in [0.5, 0.6) is 0 Å². The van der Waals surface area contributed by atoms with E-state index in [1.165, 1.54) is 29.0 Å². The van der Waals surface area contributed by atoms with Gasteiger partial charge in [-0.3, -0.25) is 0 Å². The van der Waals surface area contributed by atoms with Crippen molar-refractivity contribution >= 4 is 16.1 Å². The maximum Gasteiger partial charge on any atom is 0.464 e. The van der Waals surface area contributed by atoms with Crippen LogP contribution in [-0.4, -0.2) is 14.5 Å². The molecule has 13 heavy (non-hydrogen) atoms. The van der Waals surface area contributed by atoms with Gasteiger partial charge in [-0.05, 0) is 12.1 Å². The Bertz CT molecular complexity index is 398. The van der Waals surface area contributed by atoms with Crippen molar-refractivity contribution in [1.82, 2.24) is 4.72 Å². The molecule has 0 unspecified atom stereocenters. The molecule has 1 rings (SSSR count). The van der Waals surface area contributed by atoms with E-state index in [0.29, 0.717) is 0 Å². The molecule has 1 amide bonds. The largest absolute Gasteiger partial charge is 0.464 e. The Morgan fingerprint density at radius 1 is 1.15 bits per heavy atom. The molecule has 0 bridgehead atoms. The van der Waals surface area contributed by atoms with Gasteiger partial charge in [-0.1, -0.05) is 18.2 Å². The molecule has 1 aromatic rings. The van der Waals surface area contributed by atoms with E-state index in [9.17, 15) is 18.3 Å². The molecule has 69 valence electrons. The summed E-state index contributed by atoms with van der Waals surface area (Å²) in [6, 6.07) is 7.17. The molecule has 0 aliphatic rings. The summed E-state index contributed by atoms with van der Waals surface area (Å²) in [6.45, 7) is 0. The molecular weight excluding hydrogens is 194 g/mol. The Hall–Kier alpha value is -1.56. The van der Waals surface area contributed by atoms with E-state index in [-0.39, 0.29) is 4.90 Å². The lowest BCUT2D eigenvalue weighted by molar-refractivity contribution is 0.175. The molecule has 0 aliphatic heterocycles. The first kappa shape index (κ1) is 9.53. The molecule has 0 atom stereocenters. The van der Waals surface area contributed by atoms with E-state index in [0.717, 1.165) is 0 Å². The summed E-state index contributed by atoms with van der Waals surface area (Å²) in [4.78, 5) is 9.88. The van der Waals surface area contributed by atoms with Gasteiger partial charge in [0.15, 0.2) is 0 Å². The third kappa shape index (κ3) is 2.45. The standard InChI is InChI=1S/C7H6NO4S/c9-7(10)8-13(11,12)6-4-2-1-3-5-6/h1-5,8H. The number of hydrogen-bond acceptors (Lipinski definition) is 3. The molecule has 0 aliphatic carbocycles. The zero-order chi connectivity index (χ0) is 9.90. The Morgan fingerprint density at radius 3 is 2.15 bits per heavy atom. The van der Waals surface area contributed by atoms with Crippen LogP contribution in [0.2, 0.25) is 0 Å². The smallest absolute Gasteiger partial charge is 0.219 e. The average Bonchev–Trinajstić information content (AvgIpc) is 2.04. The zero-order valence-corrected chi connectivity index (χ0v) is 7.24. The molecule has 1 radical (unpaired) electrons. The topological polar surface area (TPSA) is 83.1 Å². The second-order valence-corrected chi connectivity index (χ2v) is 3.89. The number of sulfonamides is 1. The normalized spacial score (nSPS) is 10.8. The summed E-state index contributed by atoms with van der Waals surface area (Å²) >= 11 is 0. The van der Waals surface area contributed by atoms with Crippen molar-refractivity contribution in [2.45, 2.75) is 4.90 Å². The van der Waals surface area contributed by atoms with Crippen molar-refractivity contribution in [2.75, 3.05) is 0 Å². The lowest BCUT2D eigenvalue weighted by atomic mass is 10.4. The summed E-state index contributed by atoms with van der Waals surface area (Å²) in [6.07, 6.45) is -1.84. The van der Waals surface area contributed by atoms with Crippen LogP contribution in [0.1, 0.15) is 0 Å². The monoisotopic (exact) mass is 200 g/mol. The van der Waals surface area contributed by atoms with Gasteiger partial charge in [0, 0.05) is 0 Å². The van der Waals surface area contributed by atoms with Crippen molar-refractivity contribution in [1.29, 1.82) is 0 Å². The van der Waals surface area contributed by atoms with Gasteiger partial charge in [-0.2, -0.15) is 0 Å². The molecule has 0 fully saturated rings. The number of amides is 1. The van der Waals surface area contributed by atoms with Gasteiger partial charge in [0.25, 0.3) is 10.0 Å². The summed E-state index contributed by atoms with van der Waals surface area (Å²) in [5.74, 6) is 0. The van der Waals surface area contributed by atoms with Crippen LogP contribution < -0.4 is 4.72 Å². The van der Waals surface area contributed by atoms with Crippen LogP contribution in [0.3, 0.4) is 0 Å². The lowest BCUT2D eigenvalue weighted by Crippen LogP contribution is -2.27. The van der Waals surface area contributed by atoms with E-state index in [1.807, 2.05) is 0 Å². The van der Waals surface area contributed by atoms with E-state index >= 15 is 0 Å². The second-order valence-electron chi connectivity index (χ2n) is 2.21. The molecule has 0 saturated heterocycles. The highest BCUT2D eigenvalue weighted by Crippen LogP contribution is 2.06.